The van der Waals surface area contributed by atoms with Crippen LogP contribution in [0.3, 0.4) is 0 Å². The first kappa shape index (κ1) is 19.0. The molecule has 0 unspecified atom stereocenters. The molecule has 4 amide bonds. The van der Waals surface area contributed by atoms with Crippen LogP contribution in [0, 0.1) is 13.8 Å². The van der Waals surface area contributed by atoms with Crippen molar-refractivity contribution < 1.29 is 19.1 Å². The lowest BCUT2D eigenvalue weighted by atomic mass is 10.2. The SMILES string of the molecule is CCNC(=O)NC(=O)COc1ccc(C(=O)Nn2c(C)ccc2C)cc1. The summed E-state index contributed by atoms with van der Waals surface area (Å²) < 4.78 is 7.00. The lowest BCUT2D eigenvalue weighted by Gasteiger charge is -2.12. The minimum atomic E-state index is -0.566. The Hall–Kier alpha value is -3.29. The Labute approximate surface area is 151 Å². The van der Waals surface area contributed by atoms with Crippen LogP contribution in [0.25, 0.3) is 0 Å². The van der Waals surface area contributed by atoms with Crippen molar-refractivity contribution in [1.82, 2.24) is 15.3 Å². The van der Waals surface area contributed by atoms with Gasteiger partial charge < -0.3 is 10.1 Å². The van der Waals surface area contributed by atoms with E-state index in [4.69, 9.17) is 4.74 Å². The minimum absolute atomic E-state index is 0.257. The van der Waals surface area contributed by atoms with E-state index in [9.17, 15) is 14.4 Å². The van der Waals surface area contributed by atoms with E-state index in [1.807, 2.05) is 26.0 Å². The Bertz CT molecular complexity index is 777. The average Bonchev–Trinajstić information content (AvgIpc) is 2.92. The van der Waals surface area contributed by atoms with Crippen LogP contribution < -0.4 is 20.8 Å². The molecule has 0 aliphatic carbocycles. The largest absolute Gasteiger partial charge is 0.484 e. The molecule has 8 nitrogen and oxygen atoms in total. The zero-order chi connectivity index (χ0) is 19.1. The third-order valence-electron chi connectivity index (χ3n) is 3.56. The van der Waals surface area contributed by atoms with E-state index in [-0.39, 0.29) is 12.5 Å². The normalized spacial score (nSPS) is 10.1. The van der Waals surface area contributed by atoms with E-state index in [1.54, 1.807) is 35.9 Å². The van der Waals surface area contributed by atoms with Crippen LogP contribution in [0.2, 0.25) is 0 Å². The van der Waals surface area contributed by atoms with Gasteiger partial charge in [0.25, 0.3) is 11.8 Å². The number of nitrogens with zero attached hydrogens (tertiary/aromatic N) is 1. The van der Waals surface area contributed by atoms with Crippen LogP contribution in [0.15, 0.2) is 36.4 Å². The maximum absolute atomic E-state index is 12.3. The number of ether oxygens (including phenoxy) is 1. The molecule has 1 aromatic heterocycles. The molecule has 0 spiro atoms. The highest BCUT2D eigenvalue weighted by atomic mass is 16.5. The molecule has 8 heteroatoms. The van der Waals surface area contributed by atoms with Gasteiger partial charge in [-0.15, -0.1) is 0 Å². The molecule has 138 valence electrons. The molecule has 2 rings (SSSR count). The maximum Gasteiger partial charge on any atom is 0.321 e. The number of hydrogen-bond acceptors (Lipinski definition) is 4. The number of benzene rings is 1. The highest BCUT2D eigenvalue weighted by Gasteiger charge is 2.10. The van der Waals surface area contributed by atoms with Crippen molar-refractivity contribution in [2.24, 2.45) is 0 Å². The molecular weight excluding hydrogens is 336 g/mol. The molecule has 0 saturated heterocycles. The topological polar surface area (TPSA) is 101 Å². The molecular formula is C18H22N4O4. The Kier molecular flexibility index (Phi) is 6.37. The van der Waals surface area contributed by atoms with Crippen LogP contribution in [0.4, 0.5) is 4.79 Å². The van der Waals surface area contributed by atoms with Gasteiger partial charge >= 0.3 is 6.03 Å². The molecule has 1 aromatic carbocycles. The Morgan fingerprint density at radius 2 is 1.62 bits per heavy atom. The van der Waals surface area contributed by atoms with Crippen molar-refractivity contribution in [3.8, 4) is 5.75 Å². The fourth-order valence-corrected chi connectivity index (χ4v) is 2.23. The Balaban J connectivity index is 1.88. The zero-order valence-electron chi connectivity index (χ0n) is 15.0. The van der Waals surface area contributed by atoms with Crippen molar-refractivity contribution >= 4 is 17.8 Å². The number of carbonyl (C=O) groups is 3. The summed E-state index contributed by atoms with van der Waals surface area (Å²) in [5.74, 6) is -0.398. The molecule has 1 heterocycles. The standard InChI is InChI=1S/C18H22N4O4/c1-4-19-18(25)20-16(23)11-26-15-9-7-14(8-10-15)17(24)21-22-12(2)5-6-13(22)3/h5-10H,4,11H2,1-3H3,(H,21,24)(H2,19,20,23,25). The lowest BCUT2D eigenvalue weighted by Crippen LogP contribution is -2.41. The number of nitrogens with one attached hydrogen (secondary N) is 3. The highest BCUT2D eigenvalue weighted by Crippen LogP contribution is 2.13. The van der Waals surface area contributed by atoms with E-state index in [1.165, 1.54) is 0 Å². The summed E-state index contributed by atoms with van der Waals surface area (Å²) in [4.78, 5) is 35.1. The van der Waals surface area contributed by atoms with Gasteiger partial charge in [0.15, 0.2) is 6.61 Å². The molecule has 0 aliphatic heterocycles. The summed E-state index contributed by atoms with van der Waals surface area (Å²) in [6.07, 6.45) is 0. The summed E-state index contributed by atoms with van der Waals surface area (Å²) in [7, 11) is 0. The molecule has 0 aliphatic rings. The summed E-state index contributed by atoms with van der Waals surface area (Å²) >= 11 is 0. The van der Waals surface area contributed by atoms with E-state index in [2.05, 4.69) is 16.1 Å². The molecule has 3 N–H and O–H groups in total. The predicted molar refractivity (Wildman–Crippen MR) is 96.7 cm³/mol. The first-order valence-electron chi connectivity index (χ1n) is 8.17. The van der Waals surface area contributed by atoms with E-state index in [0.717, 1.165) is 11.4 Å². The number of aryl methyl sites for hydroxylation is 2. The predicted octanol–water partition coefficient (Wildman–Crippen LogP) is 1.71. The Morgan fingerprint density at radius 3 is 2.19 bits per heavy atom. The summed E-state index contributed by atoms with van der Waals surface area (Å²) in [5.41, 5.74) is 5.11. The number of carbonyl (C=O) groups excluding carboxylic acids is 3. The molecule has 2 aromatic rings. The number of amides is 4. The van der Waals surface area contributed by atoms with Gasteiger partial charge in [0, 0.05) is 23.5 Å². The van der Waals surface area contributed by atoms with Crippen molar-refractivity contribution in [3.05, 3.63) is 53.3 Å². The second-order valence-electron chi connectivity index (χ2n) is 5.61. The molecule has 0 saturated carbocycles. The third kappa shape index (κ3) is 5.10. The van der Waals surface area contributed by atoms with E-state index in [0.29, 0.717) is 17.9 Å². The van der Waals surface area contributed by atoms with Crippen LogP contribution in [-0.2, 0) is 4.79 Å². The fraction of sp³-hybridized carbons (Fsp3) is 0.278. The second kappa shape index (κ2) is 8.70. The van der Waals surface area contributed by atoms with Gasteiger partial charge in [0.1, 0.15) is 5.75 Å². The summed E-state index contributed by atoms with van der Waals surface area (Å²) in [6, 6.07) is 9.63. The molecule has 0 radical (unpaired) electrons. The quantitative estimate of drug-likeness (QED) is 0.732. The van der Waals surface area contributed by atoms with Crippen LogP contribution in [0.5, 0.6) is 5.75 Å². The number of aromatic nitrogens is 1. The first-order chi connectivity index (χ1) is 12.4. The molecule has 0 fully saturated rings. The van der Waals surface area contributed by atoms with Gasteiger partial charge in [-0.05, 0) is 57.2 Å². The fourth-order valence-electron chi connectivity index (χ4n) is 2.23. The Morgan fingerprint density at radius 1 is 1.00 bits per heavy atom. The van der Waals surface area contributed by atoms with Crippen molar-refractivity contribution in [3.63, 3.8) is 0 Å². The maximum atomic E-state index is 12.3. The summed E-state index contributed by atoms with van der Waals surface area (Å²) in [6.45, 7) is 5.67. The van der Waals surface area contributed by atoms with E-state index >= 15 is 0 Å². The van der Waals surface area contributed by atoms with Crippen LogP contribution in [-0.4, -0.2) is 35.7 Å². The first-order valence-corrected chi connectivity index (χ1v) is 8.17. The zero-order valence-corrected chi connectivity index (χ0v) is 15.0. The average molecular weight is 358 g/mol. The third-order valence-corrected chi connectivity index (χ3v) is 3.56. The van der Waals surface area contributed by atoms with E-state index < -0.39 is 11.9 Å². The van der Waals surface area contributed by atoms with Crippen molar-refractivity contribution in [2.45, 2.75) is 20.8 Å². The lowest BCUT2D eigenvalue weighted by molar-refractivity contribution is -0.122. The molecule has 0 bridgehead atoms. The monoisotopic (exact) mass is 358 g/mol. The summed E-state index contributed by atoms with van der Waals surface area (Å²) in [5, 5.41) is 4.58. The van der Waals surface area contributed by atoms with Gasteiger partial charge in [0.05, 0.1) is 0 Å². The van der Waals surface area contributed by atoms with Gasteiger partial charge in [-0.3, -0.25) is 25.0 Å². The van der Waals surface area contributed by atoms with Crippen LogP contribution in [0.1, 0.15) is 28.7 Å². The highest BCUT2D eigenvalue weighted by molar-refractivity contribution is 6.00. The van der Waals surface area contributed by atoms with Gasteiger partial charge in [0.2, 0.25) is 0 Å². The molecule has 26 heavy (non-hydrogen) atoms. The minimum Gasteiger partial charge on any atom is -0.484 e. The number of hydrogen-bond donors (Lipinski definition) is 3. The number of rotatable bonds is 6. The van der Waals surface area contributed by atoms with Crippen molar-refractivity contribution in [1.29, 1.82) is 0 Å². The number of imide groups is 1. The molecule has 0 atom stereocenters. The van der Waals surface area contributed by atoms with Gasteiger partial charge in [-0.25, -0.2) is 4.79 Å². The van der Waals surface area contributed by atoms with Crippen molar-refractivity contribution in [2.75, 3.05) is 18.6 Å². The number of urea groups is 1. The second-order valence-corrected chi connectivity index (χ2v) is 5.61. The van der Waals surface area contributed by atoms with Gasteiger partial charge in [-0.2, -0.15) is 0 Å². The smallest absolute Gasteiger partial charge is 0.321 e. The van der Waals surface area contributed by atoms with Crippen LogP contribution >= 0.6 is 0 Å². The van der Waals surface area contributed by atoms with Gasteiger partial charge in [-0.1, -0.05) is 0 Å².